The van der Waals surface area contributed by atoms with E-state index in [-0.39, 0.29) is 12.5 Å². The lowest BCUT2D eigenvalue weighted by molar-refractivity contribution is -0.116. The van der Waals surface area contributed by atoms with Crippen LogP contribution in [0.3, 0.4) is 0 Å². The van der Waals surface area contributed by atoms with Gasteiger partial charge in [0.15, 0.2) is 0 Å². The Labute approximate surface area is 123 Å². The van der Waals surface area contributed by atoms with E-state index in [9.17, 15) is 4.79 Å². The van der Waals surface area contributed by atoms with Gasteiger partial charge in [-0.25, -0.2) is 4.98 Å². The summed E-state index contributed by atoms with van der Waals surface area (Å²) in [5.41, 5.74) is 8.57. The number of nitrogens with one attached hydrogen (secondary N) is 1. The van der Waals surface area contributed by atoms with E-state index in [1.165, 1.54) is 0 Å². The van der Waals surface area contributed by atoms with Crippen LogP contribution >= 0.6 is 0 Å². The zero-order chi connectivity index (χ0) is 15.4. The van der Waals surface area contributed by atoms with Crippen molar-refractivity contribution in [3.63, 3.8) is 0 Å². The van der Waals surface area contributed by atoms with Gasteiger partial charge in [-0.15, -0.1) is 0 Å². The molecule has 0 unspecified atom stereocenters. The summed E-state index contributed by atoms with van der Waals surface area (Å²) in [4.78, 5) is 16.1. The van der Waals surface area contributed by atoms with Gasteiger partial charge in [0.25, 0.3) is 0 Å². The molecule has 21 heavy (non-hydrogen) atoms. The first-order valence-corrected chi connectivity index (χ1v) is 6.69. The van der Waals surface area contributed by atoms with E-state index in [0.717, 1.165) is 11.4 Å². The van der Waals surface area contributed by atoms with Crippen LogP contribution in [-0.2, 0) is 11.3 Å². The van der Waals surface area contributed by atoms with Crippen molar-refractivity contribution in [2.75, 3.05) is 17.7 Å². The number of ether oxygens (including phenoxy) is 1. The van der Waals surface area contributed by atoms with Crippen LogP contribution in [-0.4, -0.2) is 27.3 Å². The first-order valence-electron chi connectivity index (χ1n) is 6.69. The number of amides is 1. The topological polar surface area (TPSA) is 95.1 Å². The smallest absolute Gasteiger partial charge is 0.246 e. The fraction of sp³-hybridized carbons (Fsp3) is 0.357. The molecular formula is C14H19N5O2. The third kappa shape index (κ3) is 3.50. The van der Waals surface area contributed by atoms with Crippen LogP contribution in [0.25, 0.3) is 0 Å². The van der Waals surface area contributed by atoms with Crippen molar-refractivity contribution in [2.45, 2.75) is 27.3 Å². The molecule has 0 aliphatic rings. The maximum absolute atomic E-state index is 12.0. The van der Waals surface area contributed by atoms with Crippen LogP contribution in [0, 0.1) is 13.8 Å². The second-order valence-electron chi connectivity index (χ2n) is 4.61. The number of aryl methyl sites for hydroxylation is 1. The molecule has 0 spiro atoms. The number of carbonyl (C=O) groups is 1. The number of anilines is 2. The van der Waals surface area contributed by atoms with Crippen molar-refractivity contribution in [3.8, 4) is 5.88 Å². The molecule has 2 aromatic heterocycles. The molecule has 112 valence electrons. The van der Waals surface area contributed by atoms with Crippen molar-refractivity contribution >= 4 is 17.3 Å². The number of hydrogen-bond donors (Lipinski definition) is 2. The molecule has 0 aromatic carbocycles. The Morgan fingerprint density at radius 2 is 2.19 bits per heavy atom. The number of nitrogens with two attached hydrogens (primary N) is 1. The number of hydrogen-bond acceptors (Lipinski definition) is 5. The minimum absolute atomic E-state index is 0.108. The number of rotatable bonds is 5. The molecule has 0 bridgehead atoms. The van der Waals surface area contributed by atoms with E-state index in [4.69, 9.17) is 10.5 Å². The SMILES string of the molecule is CCOc1ccc(NC(=O)Cn2nc(C)c(N)c2C)cn1. The lowest BCUT2D eigenvalue weighted by atomic mass is 10.3. The normalized spacial score (nSPS) is 10.4. The average Bonchev–Trinajstić information content (AvgIpc) is 2.69. The number of nitrogens with zero attached hydrogens (tertiary/aromatic N) is 3. The highest BCUT2D eigenvalue weighted by atomic mass is 16.5. The first-order chi connectivity index (χ1) is 10.0. The van der Waals surface area contributed by atoms with E-state index in [1.807, 2.05) is 20.8 Å². The van der Waals surface area contributed by atoms with E-state index in [0.29, 0.717) is 23.9 Å². The Hall–Kier alpha value is -2.57. The molecule has 1 amide bonds. The maximum atomic E-state index is 12.0. The third-order valence-electron chi connectivity index (χ3n) is 3.04. The Morgan fingerprint density at radius 1 is 1.43 bits per heavy atom. The lowest BCUT2D eigenvalue weighted by Gasteiger charge is -2.07. The highest BCUT2D eigenvalue weighted by Crippen LogP contribution is 2.15. The summed E-state index contributed by atoms with van der Waals surface area (Å²) in [5, 5.41) is 6.98. The molecule has 0 radical (unpaired) electrons. The number of carbonyl (C=O) groups excluding carboxylic acids is 1. The predicted molar refractivity (Wildman–Crippen MR) is 80.1 cm³/mol. The molecule has 0 atom stereocenters. The van der Waals surface area contributed by atoms with Gasteiger partial charge in [0.2, 0.25) is 11.8 Å². The molecule has 3 N–H and O–H groups in total. The second-order valence-corrected chi connectivity index (χ2v) is 4.61. The van der Waals surface area contributed by atoms with Gasteiger partial charge in [0.05, 0.1) is 35.6 Å². The quantitative estimate of drug-likeness (QED) is 0.870. The highest BCUT2D eigenvalue weighted by molar-refractivity contribution is 5.90. The highest BCUT2D eigenvalue weighted by Gasteiger charge is 2.11. The number of aromatic nitrogens is 3. The molecule has 0 fully saturated rings. The zero-order valence-electron chi connectivity index (χ0n) is 12.4. The molecule has 2 heterocycles. The minimum Gasteiger partial charge on any atom is -0.478 e. The maximum Gasteiger partial charge on any atom is 0.246 e. The summed E-state index contributed by atoms with van der Waals surface area (Å²) >= 11 is 0. The fourth-order valence-electron chi connectivity index (χ4n) is 1.89. The van der Waals surface area contributed by atoms with Gasteiger partial charge < -0.3 is 15.8 Å². The third-order valence-corrected chi connectivity index (χ3v) is 3.04. The van der Waals surface area contributed by atoms with Crippen molar-refractivity contribution in [3.05, 3.63) is 29.7 Å². The van der Waals surface area contributed by atoms with Crippen molar-refractivity contribution < 1.29 is 9.53 Å². The monoisotopic (exact) mass is 289 g/mol. The van der Waals surface area contributed by atoms with Gasteiger partial charge >= 0.3 is 0 Å². The van der Waals surface area contributed by atoms with Gasteiger partial charge in [-0.1, -0.05) is 0 Å². The van der Waals surface area contributed by atoms with Gasteiger partial charge in [-0.05, 0) is 26.8 Å². The van der Waals surface area contributed by atoms with Gasteiger partial charge in [-0.2, -0.15) is 5.10 Å². The van der Waals surface area contributed by atoms with Crippen LogP contribution in [0.4, 0.5) is 11.4 Å². The molecule has 7 heteroatoms. The van der Waals surface area contributed by atoms with Crippen molar-refractivity contribution in [1.82, 2.24) is 14.8 Å². The first kappa shape index (κ1) is 14.8. The summed E-state index contributed by atoms with van der Waals surface area (Å²) < 4.78 is 6.83. The van der Waals surface area contributed by atoms with E-state index in [2.05, 4.69) is 15.4 Å². The standard InChI is InChI=1S/C14H19N5O2/c1-4-21-13-6-5-11(7-16-13)17-12(20)8-19-10(3)14(15)9(2)18-19/h5-7H,4,8,15H2,1-3H3,(H,17,20). The van der Waals surface area contributed by atoms with Crippen molar-refractivity contribution in [2.24, 2.45) is 0 Å². The summed E-state index contributed by atoms with van der Waals surface area (Å²) in [7, 11) is 0. The largest absolute Gasteiger partial charge is 0.478 e. The molecular weight excluding hydrogens is 270 g/mol. The molecule has 2 rings (SSSR count). The predicted octanol–water partition coefficient (Wildman–Crippen LogP) is 1.51. The number of nitrogen functional groups attached to an aromatic ring is 1. The van der Waals surface area contributed by atoms with Crippen LogP contribution in [0.5, 0.6) is 5.88 Å². The van der Waals surface area contributed by atoms with Gasteiger partial charge in [0, 0.05) is 6.07 Å². The molecule has 2 aromatic rings. The summed E-state index contributed by atoms with van der Waals surface area (Å²) in [6, 6.07) is 3.45. The Bertz CT molecular complexity index is 634. The van der Waals surface area contributed by atoms with Crippen LogP contribution in [0.15, 0.2) is 18.3 Å². The Morgan fingerprint density at radius 3 is 2.71 bits per heavy atom. The molecule has 7 nitrogen and oxygen atoms in total. The van der Waals surface area contributed by atoms with Crippen LogP contribution in [0.1, 0.15) is 18.3 Å². The van der Waals surface area contributed by atoms with Crippen LogP contribution in [0.2, 0.25) is 0 Å². The summed E-state index contributed by atoms with van der Waals surface area (Å²) in [6.45, 7) is 6.20. The van der Waals surface area contributed by atoms with Gasteiger partial charge in [0.1, 0.15) is 6.54 Å². The van der Waals surface area contributed by atoms with E-state index < -0.39 is 0 Å². The summed E-state index contributed by atoms with van der Waals surface area (Å²) in [5.74, 6) is 0.341. The molecule has 0 saturated heterocycles. The number of pyridine rings is 1. The second kappa shape index (κ2) is 6.25. The van der Waals surface area contributed by atoms with E-state index >= 15 is 0 Å². The van der Waals surface area contributed by atoms with E-state index in [1.54, 1.807) is 23.0 Å². The Kier molecular flexibility index (Phi) is 4.42. The molecule has 0 aliphatic carbocycles. The zero-order valence-corrected chi connectivity index (χ0v) is 12.4. The minimum atomic E-state index is -0.188. The average molecular weight is 289 g/mol. The molecule has 0 saturated carbocycles. The Balaban J connectivity index is 1.99. The fourth-order valence-corrected chi connectivity index (χ4v) is 1.89. The lowest BCUT2D eigenvalue weighted by Crippen LogP contribution is -2.20. The van der Waals surface area contributed by atoms with Gasteiger partial charge in [-0.3, -0.25) is 9.48 Å². The molecule has 0 aliphatic heterocycles. The van der Waals surface area contributed by atoms with Crippen LogP contribution < -0.4 is 15.8 Å². The summed E-state index contributed by atoms with van der Waals surface area (Å²) in [6.07, 6.45) is 1.55. The van der Waals surface area contributed by atoms with Crippen molar-refractivity contribution in [1.29, 1.82) is 0 Å².